The van der Waals surface area contributed by atoms with Crippen LogP contribution < -0.4 is 4.90 Å². The Kier molecular flexibility index (Phi) is 3.73. The van der Waals surface area contributed by atoms with E-state index in [1.165, 1.54) is 0 Å². The largest absolute Gasteiger partial charge is 0.357 e. The lowest BCUT2D eigenvalue weighted by atomic mass is 10.3. The molecule has 0 saturated carbocycles. The van der Waals surface area contributed by atoms with Crippen LogP contribution in [0.15, 0.2) is 36.5 Å². The SMILES string of the molecule is CN(C(=O)c1ccc[nH]1)c1ccc(Cl)cc1I. The number of amides is 1. The predicted molar refractivity (Wildman–Crippen MR) is 77.7 cm³/mol. The summed E-state index contributed by atoms with van der Waals surface area (Å²) in [5.74, 6) is -0.0739. The van der Waals surface area contributed by atoms with Crippen molar-refractivity contribution in [2.24, 2.45) is 0 Å². The quantitative estimate of drug-likeness (QED) is 0.817. The van der Waals surface area contributed by atoms with Crippen LogP contribution in [0.2, 0.25) is 5.02 Å². The number of aromatic nitrogens is 1. The minimum atomic E-state index is -0.0739. The smallest absolute Gasteiger partial charge is 0.274 e. The lowest BCUT2D eigenvalue weighted by Crippen LogP contribution is -2.27. The Bertz CT molecular complexity index is 539. The fourth-order valence-corrected chi connectivity index (χ4v) is 2.74. The lowest BCUT2D eigenvalue weighted by Gasteiger charge is -2.18. The highest BCUT2D eigenvalue weighted by Gasteiger charge is 2.16. The van der Waals surface area contributed by atoms with Gasteiger partial charge in [0.15, 0.2) is 0 Å². The van der Waals surface area contributed by atoms with E-state index >= 15 is 0 Å². The molecule has 0 radical (unpaired) electrons. The van der Waals surface area contributed by atoms with Gasteiger partial charge < -0.3 is 9.88 Å². The van der Waals surface area contributed by atoms with Gasteiger partial charge in [0, 0.05) is 21.8 Å². The van der Waals surface area contributed by atoms with Gasteiger partial charge in [-0.1, -0.05) is 11.6 Å². The third-order valence-corrected chi connectivity index (χ3v) is 3.50. The molecular formula is C12H10ClIN2O. The molecule has 1 aromatic heterocycles. The van der Waals surface area contributed by atoms with E-state index in [0.29, 0.717) is 10.7 Å². The molecule has 1 heterocycles. The van der Waals surface area contributed by atoms with Gasteiger partial charge in [0.1, 0.15) is 5.69 Å². The number of rotatable bonds is 2. The number of aromatic amines is 1. The van der Waals surface area contributed by atoms with Crippen LogP contribution in [0.1, 0.15) is 10.5 Å². The van der Waals surface area contributed by atoms with Crippen LogP contribution in [-0.4, -0.2) is 17.9 Å². The van der Waals surface area contributed by atoms with Crippen LogP contribution in [0.4, 0.5) is 5.69 Å². The number of anilines is 1. The van der Waals surface area contributed by atoms with Gasteiger partial charge in [-0.25, -0.2) is 0 Å². The molecule has 2 aromatic rings. The highest BCUT2D eigenvalue weighted by atomic mass is 127. The summed E-state index contributed by atoms with van der Waals surface area (Å²) in [7, 11) is 1.74. The summed E-state index contributed by atoms with van der Waals surface area (Å²) in [6.45, 7) is 0. The van der Waals surface area contributed by atoms with Crippen LogP contribution in [0.3, 0.4) is 0 Å². The van der Waals surface area contributed by atoms with Crippen LogP contribution in [0, 0.1) is 3.57 Å². The molecule has 0 atom stereocenters. The number of halogens is 2. The molecule has 0 fully saturated rings. The second-order valence-corrected chi connectivity index (χ2v) is 5.14. The van der Waals surface area contributed by atoms with Gasteiger partial charge in [0.05, 0.1) is 5.69 Å². The molecule has 0 bridgehead atoms. The van der Waals surface area contributed by atoms with Crippen molar-refractivity contribution in [1.29, 1.82) is 0 Å². The summed E-state index contributed by atoms with van der Waals surface area (Å²) in [6, 6.07) is 8.99. The number of hydrogen-bond acceptors (Lipinski definition) is 1. The van der Waals surface area contributed by atoms with Gasteiger partial charge in [0.2, 0.25) is 0 Å². The molecule has 0 aliphatic carbocycles. The zero-order chi connectivity index (χ0) is 12.4. The van der Waals surface area contributed by atoms with Crippen molar-refractivity contribution in [3.8, 4) is 0 Å². The third-order valence-electron chi connectivity index (χ3n) is 2.40. The number of nitrogens with one attached hydrogen (secondary N) is 1. The fourth-order valence-electron chi connectivity index (χ4n) is 1.51. The summed E-state index contributed by atoms with van der Waals surface area (Å²) in [5, 5.41) is 0.666. The summed E-state index contributed by atoms with van der Waals surface area (Å²) in [6.07, 6.45) is 1.73. The monoisotopic (exact) mass is 360 g/mol. The van der Waals surface area contributed by atoms with Gasteiger partial charge in [-0.05, 0) is 52.9 Å². The van der Waals surface area contributed by atoms with Crippen LogP contribution in [0.25, 0.3) is 0 Å². The Hall–Kier alpha value is -1.01. The maximum atomic E-state index is 12.1. The molecule has 0 aliphatic heterocycles. The maximum Gasteiger partial charge on any atom is 0.274 e. The van der Waals surface area contributed by atoms with E-state index in [2.05, 4.69) is 27.6 Å². The average molecular weight is 361 g/mol. The van der Waals surface area contributed by atoms with Crippen LogP contribution in [-0.2, 0) is 0 Å². The number of nitrogens with zero attached hydrogens (tertiary/aromatic N) is 1. The summed E-state index contributed by atoms with van der Waals surface area (Å²) in [4.78, 5) is 16.6. The van der Waals surface area contributed by atoms with Crippen molar-refractivity contribution in [2.45, 2.75) is 0 Å². The van der Waals surface area contributed by atoms with E-state index < -0.39 is 0 Å². The second kappa shape index (κ2) is 5.10. The highest BCUT2D eigenvalue weighted by Crippen LogP contribution is 2.25. The summed E-state index contributed by atoms with van der Waals surface area (Å²) >= 11 is 8.05. The fraction of sp³-hybridized carbons (Fsp3) is 0.0833. The first-order chi connectivity index (χ1) is 8.09. The van der Waals surface area contributed by atoms with Gasteiger partial charge in [-0.15, -0.1) is 0 Å². The molecule has 5 heteroatoms. The van der Waals surface area contributed by atoms with Crippen LogP contribution in [0.5, 0.6) is 0 Å². The first-order valence-corrected chi connectivity index (χ1v) is 6.42. The standard InChI is InChI=1S/C12H10ClIN2O/c1-16(12(17)10-3-2-6-15-10)11-5-4-8(13)7-9(11)14/h2-7,15H,1H3. The van der Waals surface area contributed by atoms with Gasteiger partial charge in [-0.3, -0.25) is 4.79 Å². The Morgan fingerprint density at radius 3 is 2.76 bits per heavy atom. The molecule has 0 unspecified atom stereocenters. The zero-order valence-corrected chi connectivity index (χ0v) is 12.0. The number of hydrogen-bond donors (Lipinski definition) is 1. The van der Waals surface area contributed by atoms with E-state index in [0.717, 1.165) is 9.26 Å². The molecule has 2 rings (SSSR count). The first-order valence-electron chi connectivity index (χ1n) is 4.96. The van der Waals surface area contributed by atoms with E-state index in [4.69, 9.17) is 11.6 Å². The maximum absolute atomic E-state index is 12.1. The molecule has 3 nitrogen and oxygen atoms in total. The molecule has 0 aliphatic rings. The lowest BCUT2D eigenvalue weighted by molar-refractivity contribution is 0.0988. The Balaban J connectivity index is 2.31. The minimum absolute atomic E-state index is 0.0739. The minimum Gasteiger partial charge on any atom is -0.357 e. The molecule has 88 valence electrons. The number of benzene rings is 1. The molecule has 1 aromatic carbocycles. The number of H-pyrrole nitrogens is 1. The molecular weight excluding hydrogens is 351 g/mol. The highest BCUT2D eigenvalue weighted by molar-refractivity contribution is 14.1. The van der Waals surface area contributed by atoms with Gasteiger partial charge in [0.25, 0.3) is 5.91 Å². The van der Waals surface area contributed by atoms with E-state index in [9.17, 15) is 4.79 Å². The van der Waals surface area contributed by atoms with Crippen LogP contribution >= 0.6 is 34.2 Å². The van der Waals surface area contributed by atoms with Crippen molar-refractivity contribution in [2.75, 3.05) is 11.9 Å². The average Bonchev–Trinajstić information content (AvgIpc) is 2.80. The first kappa shape index (κ1) is 12.4. The van der Waals surface area contributed by atoms with Crippen molar-refractivity contribution in [1.82, 2.24) is 4.98 Å². The molecule has 0 saturated heterocycles. The Labute approximate surface area is 118 Å². The molecule has 1 amide bonds. The molecule has 1 N–H and O–H groups in total. The Morgan fingerprint density at radius 2 is 2.18 bits per heavy atom. The predicted octanol–water partition coefficient (Wildman–Crippen LogP) is 3.55. The normalized spacial score (nSPS) is 10.3. The van der Waals surface area contributed by atoms with E-state index in [1.807, 2.05) is 12.1 Å². The van der Waals surface area contributed by atoms with Crippen molar-refractivity contribution in [3.63, 3.8) is 0 Å². The van der Waals surface area contributed by atoms with Crippen molar-refractivity contribution in [3.05, 3.63) is 50.8 Å². The van der Waals surface area contributed by atoms with E-state index in [-0.39, 0.29) is 5.91 Å². The van der Waals surface area contributed by atoms with Crippen molar-refractivity contribution < 1.29 is 4.79 Å². The van der Waals surface area contributed by atoms with E-state index in [1.54, 1.807) is 36.3 Å². The Morgan fingerprint density at radius 1 is 1.41 bits per heavy atom. The van der Waals surface area contributed by atoms with Gasteiger partial charge in [-0.2, -0.15) is 0 Å². The zero-order valence-electron chi connectivity index (χ0n) is 9.08. The summed E-state index contributed by atoms with van der Waals surface area (Å²) < 4.78 is 0.942. The summed E-state index contributed by atoms with van der Waals surface area (Å²) in [5.41, 5.74) is 1.41. The number of carbonyl (C=O) groups excluding carboxylic acids is 1. The topological polar surface area (TPSA) is 36.1 Å². The molecule has 17 heavy (non-hydrogen) atoms. The van der Waals surface area contributed by atoms with Crippen molar-refractivity contribution >= 4 is 45.8 Å². The van der Waals surface area contributed by atoms with Gasteiger partial charge >= 0.3 is 0 Å². The second-order valence-electron chi connectivity index (χ2n) is 3.54. The third kappa shape index (κ3) is 2.63. The molecule has 0 spiro atoms. The number of carbonyl (C=O) groups is 1.